The molecule has 0 bridgehead atoms. The molecule has 20 heavy (non-hydrogen) atoms. The molecular weight excluding hydrogens is 278 g/mol. The molecule has 2 aliphatic rings. The largest absolute Gasteiger partial charge is 0.481 e. The van der Waals surface area contributed by atoms with Crippen molar-refractivity contribution in [3.8, 4) is 0 Å². The molecule has 0 amide bonds. The summed E-state index contributed by atoms with van der Waals surface area (Å²) in [5.74, 6) is -0.423. The number of halogens is 1. The highest BCUT2D eigenvalue weighted by molar-refractivity contribution is 6.30. The molecule has 1 aromatic rings. The van der Waals surface area contributed by atoms with Gasteiger partial charge in [-0.1, -0.05) is 30.9 Å². The van der Waals surface area contributed by atoms with Crippen LogP contribution in [-0.4, -0.2) is 34.1 Å². The molecule has 1 saturated heterocycles. The number of aromatic nitrogens is 2. The van der Waals surface area contributed by atoms with Crippen LogP contribution in [0.25, 0.3) is 0 Å². The van der Waals surface area contributed by atoms with Crippen molar-refractivity contribution in [2.75, 3.05) is 18.0 Å². The van der Waals surface area contributed by atoms with E-state index in [2.05, 4.69) is 9.97 Å². The quantitative estimate of drug-likeness (QED) is 0.908. The Labute approximate surface area is 123 Å². The van der Waals surface area contributed by atoms with Crippen molar-refractivity contribution >= 4 is 23.5 Å². The predicted molar refractivity (Wildman–Crippen MR) is 75.9 cm³/mol. The van der Waals surface area contributed by atoms with Crippen molar-refractivity contribution in [1.29, 1.82) is 0 Å². The number of hydrogen-bond donors (Lipinski definition) is 1. The number of carboxylic acids is 1. The Morgan fingerprint density at radius 2 is 1.95 bits per heavy atom. The second-order valence-electron chi connectivity index (χ2n) is 5.90. The molecule has 1 N–H and O–H groups in total. The van der Waals surface area contributed by atoms with E-state index in [4.69, 9.17) is 11.6 Å². The molecule has 1 aliphatic heterocycles. The number of anilines is 1. The van der Waals surface area contributed by atoms with Crippen molar-refractivity contribution in [1.82, 2.24) is 9.97 Å². The van der Waals surface area contributed by atoms with Crippen LogP contribution in [0.2, 0.25) is 5.02 Å². The summed E-state index contributed by atoms with van der Waals surface area (Å²) < 4.78 is 0. The summed E-state index contributed by atoms with van der Waals surface area (Å²) in [5, 5.41) is 10.0. The standard InChI is InChI=1S/C14H18ClN3O2/c15-10-6-16-13(17-7-10)18-8-11(12(19)20)14(9-18)4-2-1-3-5-14/h6-7,11H,1-5,8-9H2,(H,19,20)/t11-/m0/s1. The first-order valence-corrected chi connectivity index (χ1v) is 7.44. The van der Waals surface area contributed by atoms with Gasteiger partial charge in [0.05, 0.1) is 23.3 Å². The minimum absolute atomic E-state index is 0.104. The van der Waals surface area contributed by atoms with Gasteiger partial charge >= 0.3 is 5.97 Å². The Bertz CT molecular complexity index is 500. The van der Waals surface area contributed by atoms with Gasteiger partial charge in [-0.05, 0) is 12.8 Å². The minimum atomic E-state index is -0.691. The summed E-state index contributed by atoms with van der Waals surface area (Å²) >= 11 is 5.80. The Morgan fingerprint density at radius 1 is 1.30 bits per heavy atom. The lowest BCUT2D eigenvalue weighted by molar-refractivity contribution is -0.145. The van der Waals surface area contributed by atoms with Crippen molar-refractivity contribution < 1.29 is 9.90 Å². The second-order valence-corrected chi connectivity index (χ2v) is 6.33. The van der Waals surface area contributed by atoms with E-state index < -0.39 is 5.97 Å². The number of carbonyl (C=O) groups is 1. The monoisotopic (exact) mass is 295 g/mol. The van der Waals surface area contributed by atoms with E-state index in [0.717, 1.165) is 32.2 Å². The molecule has 1 spiro atoms. The van der Waals surface area contributed by atoms with Gasteiger partial charge in [-0.15, -0.1) is 0 Å². The lowest BCUT2D eigenvalue weighted by atomic mass is 9.68. The number of aliphatic carboxylic acids is 1. The highest BCUT2D eigenvalue weighted by atomic mass is 35.5. The molecule has 0 radical (unpaired) electrons. The molecule has 5 nitrogen and oxygen atoms in total. The first kappa shape index (κ1) is 13.6. The summed E-state index contributed by atoms with van der Waals surface area (Å²) in [6.45, 7) is 1.24. The van der Waals surface area contributed by atoms with Crippen LogP contribution in [0.5, 0.6) is 0 Å². The number of carboxylic acid groups (broad SMARTS) is 1. The predicted octanol–water partition coefficient (Wildman–Crippen LogP) is 2.60. The zero-order valence-electron chi connectivity index (χ0n) is 11.3. The molecule has 1 aromatic heterocycles. The van der Waals surface area contributed by atoms with E-state index in [9.17, 15) is 9.90 Å². The fraction of sp³-hybridized carbons (Fsp3) is 0.643. The Kier molecular flexibility index (Phi) is 3.54. The maximum Gasteiger partial charge on any atom is 0.308 e. The van der Waals surface area contributed by atoms with Crippen molar-refractivity contribution in [2.45, 2.75) is 32.1 Å². The summed E-state index contributed by atoms with van der Waals surface area (Å²) in [6.07, 6.45) is 8.57. The Balaban J connectivity index is 1.86. The second kappa shape index (κ2) is 5.20. The van der Waals surface area contributed by atoms with Crippen molar-refractivity contribution in [2.24, 2.45) is 11.3 Å². The smallest absolute Gasteiger partial charge is 0.308 e. The van der Waals surface area contributed by atoms with Crippen LogP contribution in [0, 0.1) is 11.3 Å². The van der Waals surface area contributed by atoms with Crippen LogP contribution in [-0.2, 0) is 4.79 Å². The molecule has 6 heteroatoms. The maximum atomic E-state index is 11.6. The molecule has 2 heterocycles. The van der Waals surface area contributed by atoms with E-state index in [1.54, 1.807) is 12.4 Å². The van der Waals surface area contributed by atoms with E-state index in [0.29, 0.717) is 17.5 Å². The Hall–Kier alpha value is -1.36. The van der Waals surface area contributed by atoms with E-state index in [1.807, 2.05) is 4.90 Å². The van der Waals surface area contributed by atoms with E-state index >= 15 is 0 Å². The van der Waals surface area contributed by atoms with Crippen LogP contribution >= 0.6 is 11.6 Å². The van der Waals surface area contributed by atoms with Crippen molar-refractivity contribution in [3.05, 3.63) is 17.4 Å². The molecular formula is C14H18ClN3O2. The number of hydrogen-bond acceptors (Lipinski definition) is 4. The number of nitrogens with zero attached hydrogens (tertiary/aromatic N) is 3. The zero-order chi connectivity index (χ0) is 14.2. The van der Waals surface area contributed by atoms with E-state index in [1.165, 1.54) is 6.42 Å². The average Bonchev–Trinajstić information content (AvgIpc) is 2.80. The third kappa shape index (κ3) is 2.35. The molecule has 2 fully saturated rings. The number of rotatable bonds is 2. The topological polar surface area (TPSA) is 66.3 Å². The third-order valence-corrected chi connectivity index (χ3v) is 4.88. The van der Waals surface area contributed by atoms with Crippen LogP contribution < -0.4 is 4.90 Å². The maximum absolute atomic E-state index is 11.6. The van der Waals surface area contributed by atoms with Gasteiger partial charge in [0.15, 0.2) is 0 Å². The van der Waals surface area contributed by atoms with Gasteiger partial charge < -0.3 is 10.0 Å². The molecule has 1 atom stereocenters. The van der Waals surface area contributed by atoms with Crippen LogP contribution in [0.1, 0.15) is 32.1 Å². The van der Waals surface area contributed by atoms with Gasteiger partial charge in [0.1, 0.15) is 0 Å². The molecule has 108 valence electrons. The highest BCUT2D eigenvalue weighted by Gasteiger charge is 2.50. The zero-order valence-corrected chi connectivity index (χ0v) is 12.0. The summed E-state index contributed by atoms with van der Waals surface area (Å²) in [5.41, 5.74) is -0.104. The molecule has 1 saturated carbocycles. The Morgan fingerprint density at radius 3 is 2.55 bits per heavy atom. The summed E-state index contributed by atoms with van der Waals surface area (Å²) in [7, 11) is 0. The molecule has 3 rings (SSSR count). The normalized spacial score (nSPS) is 25.1. The first-order valence-electron chi connectivity index (χ1n) is 7.06. The van der Waals surface area contributed by atoms with Gasteiger partial charge in [-0.25, -0.2) is 9.97 Å². The highest BCUT2D eigenvalue weighted by Crippen LogP contribution is 2.48. The van der Waals surface area contributed by atoms with Crippen LogP contribution in [0.3, 0.4) is 0 Å². The lowest BCUT2D eigenvalue weighted by Gasteiger charge is -2.36. The van der Waals surface area contributed by atoms with Crippen molar-refractivity contribution in [3.63, 3.8) is 0 Å². The lowest BCUT2D eigenvalue weighted by Crippen LogP contribution is -2.36. The SMILES string of the molecule is O=C(O)[C@@H]1CN(c2ncc(Cl)cn2)CC12CCCCC2. The fourth-order valence-electron chi connectivity index (χ4n) is 3.69. The van der Waals surface area contributed by atoms with Gasteiger partial charge in [0.2, 0.25) is 5.95 Å². The minimum Gasteiger partial charge on any atom is -0.481 e. The molecule has 0 aromatic carbocycles. The third-order valence-electron chi connectivity index (χ3n) is 4.68. The molecule has 1 aliphatic carbocycles. The average molecular weight is 296 g/mol. The first-order chi connectivity index (χ1) is 9.61. The van der Waals surface area contributed by atoms with Gasteiger partial charge in [0.25, 0.3) is 0 Å². The summed E-state index contributed by atoms with van der Waals surface area (Å²) in [6, 6.07) is 0. The van der Waals surface area contributed by atoms with Gasteiger partial charge in [0, 0.05) is 18.5 Å². The van der Waals surface area contributed by atoms with Gasteiger partial charge in [-0.2, -0.15) is 0 Å². The van der Waals surface area contributed by atoms with Crippen LogP contribution in [0.4, 0.5) is 5.95 Å². The fourth-order valence-corrected chi connectivity index (χ4v) is 3.79. The summed E-state index contributed by atoms with van der Waals surface area (Å²) in [4.78, 5) is 22.1. The van der Waals surface area contributed by atoms with Gasteiger partial charge in [-0.3, -0.25) is 4.79 Å². The molecule has 0 unspecified atom stereocenters. The van der Waals surface area contributed by atoms with E-state index in [-0.39, 0.29) is 11.3 Å². The van der Waals surface area contributed by atoms with Crippen LogP contribution in [0.15, 0.2) is 12.4 Å².